The van der Waals surface area contributed by atoms with Crippen molar-refractivity contribution in [3.8, 4) is 0 Å². The SMILES string of the molecule is C[C@H]1CNCCN1C(=O)CSCc1ccccn1.Cl.Cl. The fourth-order valence-electron chi connectivity index (χ4n) is 2.02. The van der Waals surface area contributed by atoms with Crippen LogP contribution in [0, 0.1) is 0 Å². The van der Waals surface area contributed by atoms with Crippen molar-refractivity contribution in [2.75, 3.05) is 25.4 Å². The van der Waals surface area contributed by atoms with E-state index in [1.54, 1.807) is 18.0 Å². The van der Waals surface area contributed by atoms with Crippen molar-refractivity contribution in [3.63, 3.8) is 0 Å². The first-order valence-corrected chi connectivity index (χ1v) is 7.40. The van der Waals surface area contributed by atoms with Gasteiger partial charge in [-0.15, -0.1) is 36.6 Å². The van der Waals surface area contributed by atoms with Gasteiger partial charge in [-0.05, 0) is 19.1 Å². The van der Waals surface area contributed by atoms with Gasteiger partial charge in [0.25, 0.3) is 0 Å². The monoisotopic (exact) mass is 337 g/mol. The van der Waals surface area contributed by atoms with Crippen LogP contribution in [0.4, 0.5) is 0 Å². The number of carbonyl (C=O) groups excluding carboxylic acids is 1. The fourth-order valence-corrected chi connectivity index (χ4v) is 2.84. The molecule has 20 heavy (non-hydrogen) atoms. The van der Waals surface area contributed by atoms with E-state index in [-0.39, 0.29) is 30.7 Å². The second-order valence-corrected chi connectivity index (χ2v) is 5.44. The van der Waals surface area contributed by atoms with Crippen molar-refractivity contribution >= 4 is 42.5 Å². The average Bonchev–Trinajstić information content (AvgIpc) is 2.40. The zero-order valence-corrected chi connectivity index (χ0v) is 13.9. The summed E-state index contributed by atoms with van der Waals surface area (Å²) in [4.78, 5) is 18.3. The van der Waals surface area contributed by atoms with Crippen LogP contribution in [-0.2, 0) is 10.5 Å². The lowest BCUT2D eigenvalue weighted by Gasteiger charge is -2.33. The van der Waals surface area contributed by atoms with Crippen LogP contribution < -0.4 is 5.32 Å². The molecule has 0 bridgehead atoms. The van der Waals surface area contributed by atoms with Gasteiger partial charge in [0.05, 0.1) is 11.4 Å². The summed E-state index contributed by atoms with van der Waals surface area (Å²) in [5.74, 6) is 1.58. The van der Waals surface area contributed by atoms with Crippen molar-refractivity contribution in [1.82, 2.24) is 15.2 Å². The number of nitrogens with one attached hydrogen (secondary N) is 1. The first-order valence-electron chi connectivity index (χ1n) is 6.25. The molecule has 1 atom stereocenters. The van der Waals surface area contributed by atoms with Crippen molar-refractivity contribution in [2.45, 2.75) is 18.7 Å². The molecule has 0 aliphatic carbocycles. The van der Waals surface area contributed by atoms with Crippen LogP contribution in [0.15, 0.2) is 24.4 Å². The highest BCUT2D eigenvalue weighted by Gasteiger charge is 2.22. The first kappa shape index (κ1) is 19.5. The van der Waals surface area contributed by atoms with E-state index in [0.29, 0.717) is 11.8 Å². The summed E-state index contributed by atoms with van der Waals surface area (Å²) in [5, 5.41) is 3.29. The maximum absolute atomic E-state index is 12.1. The van der Waals surface area contributed by atoms with Crippen LogP contribution in [0.5, 0.6) is 0 Å². The lowest BCUT2D eigenvalue weighted by atomic mass is 10.2. The van der Waals surface area contributed by atoms with Crippen molar-refractivity contribution in [1.29, 1.82) is 0 Å². The van der Waals surface area contributed by atoms with Crippen molar-refractivity contribution in [3.05, 3.63) is 30.1 Å². The number of hydrogen-bond donors (Lipinski definition) is 1. The van der Waals surface area contributed by atoms with E-state index in [1.165, 1.54) is 0 Å². The molecule has 0 unspecified atom stereocenters. The summed E-state index contributed by atoms with van der Waals surface area (Å²) in [7, 11) is 0. The minimum Gasteiger partial charge on any atom is -0.337 e. The number of pyridine rings is 1. The van der Waals surface area contributed by atoms with E-state index in [2.05, 4.69) is 17.2 Å². The number of amides is 1. The number of piperazine rings is 1. The second-order valence-electron chi connectivity index (χ2n) is 4.45. The summed E-state index contributed by atoms with van der Waals surface area (Å²) in [6.45, 7) is 4.72. The molecule has 1 aromatic rings. The Hall–Kier alpha value is -0.490. The normalized spacial score (nSPS) is 17.9. The van der Waals surface area contributed by atoms with E-state index >= 15 is 0 Å². The van der Waals surface area contributed by atoms with E-state index in [4.69, 9.17) is 0 Å². The maximum atomic E-state index is 12.1. The Labute approximate surface area is 136 Å². The molecule has 7 heteroatoms. The number of halogens is 2. The van der Waals surface area contributed by atoms with E-state index in [1.807, 2.05) is 23.1 Å². The summed E-state index contributed by atoms with van der Waals surface area (Å²) in [6, 6.07) is 6.18. The zero-order chi connectivity index (χ0) is 12.8. The van der Waals surface area contributed by atoms with Crippen molar-refractivity contribution in [2.24, 2.45) is 0 Å². The van der Waals surface area contributed by atoms with Crippen LogP contribution in [-0.4, -0.2) is 47.2 Å². The van der Waals surface area contributed by atoms with E-state index in [9.17, 15) is 4.79 Å². The molecule has 1 aliphatic heterocycles. The third-order valence-electron chi connectivity index (χ3n) is 3.02. The molecular weight excluding hydrogens is 317 g/mol. The molecule has 1 N–H and O–H groups in total. The van der Waals surface area contributed by atoms with Crippen LogP contribution in [0.3, 0.4) is 0 Å². The first-order chi connectivity index (χ1) is 8.77. The summed E-state index contributed by atoms with van der Waals surface area (Å²) >= 11 is 1.64. The molecule has 1 amide bonds. The molecular formula is C13H21Cl2N3OS. The van der Waals surface area contributed by atoms with Gasteiger partial charge in [0.2, 0.25) is 5.91 Å². The molecule has 2 rings (SSSR count). The van der Waals surface area contributed by atoms with Gasteiger partial charge in [0.15, 0.2) is 0 Å². The lowest BCUT2D eigenvalue weighted by molar-refractivity contribution is -0.131. The highest BCUT2D eigenvalue weighted by molar-refractivity contribution is 7.99. The number of rotatable bonds is 4. The van der Waals surface area contributed by atoms with Crippen LogP contribution in [0.25, 0.3) is 0 Å². The molecule has 2 heterocycles. The minimum absolute atomic E-state index is 0. The second kappa shape index (κ2) is 10.3. The van der Waals surface area contributed by atoms with Gasteiger partial charge in [-0.25, -0.2) is 0 Å². The molecule has 114 valence electrons. The Morgan fingerprint density at radius 2 is 2.30 bits per heavy atom. The van der Waals surface area contributed by atoms with Gasteiger partial charge in [0.1, 0.15) is 0 Å². The predicted molar refractivity (Wildman–Crippen MR) is 88.9 cm³/mol. The average molecular weight is 338 g/mol. The molecule has 0 aromatic carbocycles. The Morgan fingerprint density at radius 3 is 2.95 bits per heavy atom. The molecule has 1 aromatic heterocycles. The maximum Gasteiger partial charge on any atom is 0.232 e. The summed E-state index contributed by atoms with van der Waals surface area (Å²) in [5.41, 5.74) is 1.03. The molecule has 0 saturated carbocycles. The number of hydrogen-bond acceptors (Lipinski definition) is 4. The zero-order valence-electron chi connectivity index (χ0n) is 11.4. The van der Waals surface area contributed by atoms with Gasteiger partial charge < -0.3 is 10.2 Å². The van der Waals surface area contributed by atoms with Gasteiger partial charge in [-0.3, -0.25) is 9.78 Å². The van der Waals surface area contributed by atoms with Gasteiger partial charge >= 0.3 is 0 Å². The molecule has 1 saturated heterocycles. The van der Waals surface area contributed by atoms with E-state index < -0.39 is 0 Å². The number of aromatic nitrogens is 1. The number of nitrogens with zero attached hydrogens (tertiary/aromatic N) is 2. The van der Waals surface area contributed by atoms with Gasteiger partial charge in [-0.1, -0.05) is 6.07 Å². The number of thioether (sulfide) groups is 1. The lowest BCUT2D eigenvalue weighted by Crippen LogP contribution is -2.52. The predicted octanol–water partition coefficient (Wildman–Crippen LogP) is 1.98. The standard InChI is InChI=1S/C13H19N3OS.2ClH/c1-11-8-14-6-7-16(11)13(17)10-18-9-12-4-2-3-5-15-12;;/h2-5,11,14H,6-10H2,1H3;2*1H/t11-;;/m0../s1. The molecule has 4 nitrogen and oxygen atoms in total. The van der Waals surface area contributed by atoms with Crippen LogP contribution in [0.1, 0.15) is 12.6 Å². The van der Waals surface area contributed by atoms with Gasteiger partial charge in [-0.2, -0.15) is 0 Å². The van der Waals surface area contributed by atoms with Gasteiger partial charge in [0, 0.05) is 37.6 Å². The number of carbonyl (C=O) groups is 1. The fraction of sp³-hybridized carbons (Fsp3) is 0.538. The molecule has 0 spiro atoms. The Bertz CT molecular complexity index is 394. The summed E-state index contributed by atoms with van der Waals surface area (Å²) < 4.78 is 0. The molecule has 1 aliphatic rings. The minimum atomic E-state index is 0. The largest absolute Gasteiger partial charge is 0.337 e. The van der Waals surface area contributed by atoms with Crippen molar-refractivity contribution < 1.29 is 4.79 Å². The molecule has 0 radical (unpaired) electrons. The smallest absolute Gasteiger partial charge is 0.232 e. The Morgan fingerprint density at radius 1 is 1.50 bits per heavy atom. The van der Waals surface area contributed by atoms with Crippen LogP contribution in [0.2, 0.25) is 0 Å². The summed E-state index contributed by atoms with van der Waals surface area (Å²) in [6.07, 6.45) is 1.79. The van der Waals surface area contributed by atoms with Crippen LogP contribution >= 0.6 is 36.6 Å². The molecule has 1 fully saturated rings. The topological polar surface area (TPSA) is 45.2 Å². The highest BCUT2D eigenvalue weighted by atomic mass is 35.5. The third kappa shape index (κ3) is 5.87. The quantitative estimate of drug-likeness (QED) is 0.912. The third-order valence-corrected chi connectivity index (χ3v) is 3.97. The van der Waals surface area contributed by atoms with E-state index in [0.717, 1.165) is 31.1 Å². The Kier molecular flexibility index (Phi) is 10.0. The highest BCUT2D eigenvalue weighted by Crippen LogP contribution is 2.12. The Balaban J connectivity index is 0.00000180.